The lowest BCUT2D eigenvalue weighted by Gasteiger charge is -2.24. The Balaban J connectivity index is 1.59. The first-order chi connectivity index (χ1) is 16.4. The molecule has 4 heterocycles. The highest BCUT2D eigenvalue weighted by molar-refractivity contribution is 6.31. The molecule has 11 heteroatoms. The van der Waals surface area contributed by atoms with Gasteiger partial charge in [-0.3, -0.25) is 9.36 Å². The van der Waals surface area contributed by atoms with Crippen molar-refractivity contribution >= 4 is 17.1 Å². The summed E-state index contributed by atoms with van der Waals surface area (Å²) in [5, 5.41) is 7.76. The number of ether oxygens (including phenoxy) is 1. The standard InChI is InChI=1S/C23H22ClFN6O3/c1-29-4-2-21(32)30(23(29)33)11-14-6-20-22(27-13-28-31(20)12-14)18-7-15(24)8-19(25)17(18)9-16-10-26-3-5-34-16/h2,4,6-8,12-13,16,26H,3,5,9-11H2,1H3. The summed E-state index contributed by atoms with van der Waals surface area (Å²) in [4.78, 5) is 29.1. The first-order valence-electron chi connectivity index (χ1n) is 10.8. The third-order valence-corrected chi connectivity index (χ3v) is 6.11. The number of fused-ring (bicyclic) bond motifs is 1. The molecule has 1 N–H and O–H groups in total. The molecule has 4 aromatic rings. The first kappa shape index (κ1) is 22.5. The summed E-state index contributed by atoms with van der Waals surface area (Å²) < 4.78 is 24.9. The topological polar surface area (TPSA) is 95.4 Å². The average molecular weight is 485 g/mol. The maximum Gasteiger partial charge on any atom is 0.331 e. The molecule has 1 aliphatic rings. The summed E-state index contributed by atoms with van der Waals surface area (Å²) in [7, 11) is 1.58. The van der Waals surface area contributed by atoms with Gasteiger partial charge in [-0.2, -0.15) is 5.10 Å². The summed E-state index contributed by atoms with van der Waals surface area (Å²) in [5.74, 6) is -0.431. The van der Waals surface area contributed by atoms with E-state index < -0.39 is 17.1 Å². The SMILES string of the molecule is Cn1ccc(=O)n(Cc2cc3c(-c4cc(Cl)cc(F)c4CC4CNCCO4)ncnn3c2)c1=O. The van der Waals surface area contributed by atoms with Gasteiger partial charge in [0.05, 0.1) is 30.5 Å². The van der Waals surface area contributed by atoms with Gasteiger partial charge >= 0.3 is 5.69 Å². The zero-order chi connectivity index (χ0) is 23.8. The molecule has 5 rings (SSSR count). The molecule has 0 radical (unpaired) electrons. The molecule has 9 nitrogen and oxygen atoms in total. The van der Waals surface area contributed by atoms with E-state index >= 15 is 4.39 Å². The van der Waals surface area contributed by atoms with Crippen LogP contribution >= 0.6 is 11.6 Å². The molecule has 1 unspecified atom stereocenters. The molecule has 34 heavy (non-hydrogen) atoms. The van der Waals surface area contributed by atoms with Crippen molar-refractivity contribution in [3.05, 3.63) is 85.8 Å². The summed E-state index contributed by atoms with van der Waals surface area (Å²) in [6.45, 7) is 2.01. The fourth-order valence-electron chi connectivity index (χ4n) is 4.22. The number of rotatable bonds is 5. The van der Waals surface area contributed by atoms with Gasteiger partial charge in [0.15, 0.2) is 0 Å². The normalized spacial score (nSPS) is 16.3. The molecule has 0 aliphatic carbocycles. The Morgan fingerprint density at radius 2 is 2.15 bits per heavy atom. The molecule has 0 spiro atoms. The van der Waals surface area contributed by atoms with Crippen molar-refractivity contribution in [2.45, 2.75) is 19.1 Å². The first-order valence-corrected chi connectivity index (χ1v) is 11.2. The second kappa shape index (κ2) is 9.13. The van der Waals surface area contributed by atoms with Crippen molar-refractivity contribution in [2.75, 3.05) is 19.7 Å². The highest BCUT2D eigenvalue weighted by atomic mass is 35.5. The second-order valence-corrected chi connectivity index (χ2v) is 8.67. The van der Waals surface area contributed by atoms with Crippen molar-refractivity contribution in [2.24, 2.45) is 7.05 Å². The van der Waals surface area contributed by atoms with E-state index in [1.165, 1.54) is 29.2 Å². The maximum atomic E-state index is 15.1. The molecular weight excluding hydrogens is 463 g/mol. The lowest BCUT2D eigenvalue weighted by molar-refractivity contribution is 0.0288. The van der Waals surface area contributed by atoms with Gasteiger partial charge in [0.1, 0.15) is 12.1 Å². The van der Waals surface area contributed by atoms with Gasteiger partial charge in [0.2, 0.25) is 0 Å². The zero-order valence-electron chi connectivity index (χ0n) is 18.4. The molecule has 1 saturated heterocycles. The van der Waals surface area contributed by atoms with Gasteiger partial charge in [0, 0.05) is 61.2 Å². The average Bonchev–Trinajstić information content (AvgIpc) is 3.24. The maximum absolute atomic E-state index is 15.1. The summed E-state index contributed by atoms with van der Waals surface area (Å²) >= 11 is 6.22. The Morgan fingerprint density at radius 3 is 2.94 bits per heavy atom. The molecule has 176 valence electrons. The van der Waals surface area contributed by atoms with Crippen LogP contribution in [0.15, 0.2) is 52.6 Å². The van der Waals surface area contributed by atoms with E-state index in [1.54, 1.807) is 29.9 Å². The van der Waals surface area contributed by atoms with E-state index in [9.17, 15) is 9.59 Å². The minimum atomic E-state index is -0.431. The van der Waals surface area contributed by atoms with Crippen LogP contribution in [-0.2, 0) is 24.8 Å². The Labute approximate surface area is 198 Å². The van der Waals surface area contributed by atoms with E-state index in [0.29, 0.717) is 47.5 Å². The van der Waals surface area contributed by atoms with Crippen molar-refractivity contribution in [1.29, 1.82) is 0 Å². The van der Waals surface area contributed by atoms with Gasteiger partial charge < -0.3 is 14.6 Å². The van der Waals surface area contributed by atoms with Crippen LogP contribution in [0, 0.1) is 5.82 Å². The van der Waals surface area contributed by atoms with Crippen LogP contribution in [0.3, 0.4) is 0 Å². The third-order valence-electron chi connectivity index (χ3n) is 5.89. The van der Waals surface area contributed by atoms with E-state index in [2.05, 4.69) is 15.4 Å². The van der Waals surface area contributed by atoms with E-state index in [-0.39, 0.29) is 17.7 Å². The zero-order valence-corrected chi connectivity index (χ0v) is 19.1. The van der Waals surface area contributed by atoms with E-state index in [1.807, 2.05) is 0 Å². The number of nitrogens with one attached hydrogen (secondary N) is 1. The molecule has 1 fully saturated rings. The Morgan fingerprint density at radius 1 is 1.29 bits per heavy atom. The molecular formula is C23H22ClFN6O3. The number of hydrogen-bond donors (Lipinski definition) is 1. The molecule has 3 aromatic heterocycles. The van der Waals surface area contributed by atoms with Crippen LogP contribution in [-0.4, -0.2) is 49.5 Å². The summed E-state index contributed by atoms with van der Waals surface area (Å²) in [5.41, 5.74) is 1.95. The monoisotopic (exact) mass is 484 g/mol. The molecule has 1 aliphatic heterocycles. The number of aryl methyl sites for hydroxylation is 1. The lowest BCUT2D eigenvalue weighted by Crippen LogP contribution is -2.39. The van der Waals surface area contributed by atoms with Crippen LogP contribution < -0.4 is 16.6 Å². The highest BCUT2D eigenvalue weighted by Crippen LogP contribution is 2.32. The second-order valence-electron chi connectivity index (χ2n) is 8.24. The van der Waals surface area contributed by atoms with Crippen LogP contribution in [0.25, 0.3) is 16.8 Å². The number of hydrogen-bond acceptors (Lipinski definition) is 6. The highest BCUT2D eigenvalue weighted by Gasteiger charge is 2.22. The number of halogens is 2. The fourth-order valence-corrected chi connectivity index (χ4v) is 4.43. The van der Waals surface area contributed by atoms with E-state index in [0.717, 1.165) is 11.1 Å². The third kappa shape index (κ3) is 4.27. The molecule has 0 amide bonds. The number of nitrogens with zero attached hydrogens (tertiary/aromatic N) is 5. The Kier molecular flexibility index (Phi) is 6.03. The predicted molar refractivity (Wildman–Crippen MR) is 125 cm³/mol. The molecule has 0 saturated carbocycles. The van der Waals surface area contributed by atoms with Crippen molar-refractivity contribution in [3.8, 4) is 11.3 Å². The number of aromatic nitrogens is 5. The Hall–Kier alpha value is -3.34. The molecule has 0 bridgehead atoms. The number of morpholine rings is 1. The molecule has 1 aromatic carbocycles. The van der Waals surface area contributed by atoms with Gasteiger partial charge in [-0.1, -0.05) is 11.6 Å². The summed E-state index contributed by atoms with van der Waals surface area (Å²) in [6, 6.07) is 6.10. The van der Waals surface area contributed by atoms with Crippen LogP contribution in [0.1, 0.15) is 11.1 Å². The van der Waals surface area contributed by atoms with Gasteiger partial charge in [-0.05, 0) is 23.8 Å². The van der Waals surface area contributed by atoms with Crippen LogP contribution in [0.2, 0.25) is 5.02 Å². The Bertz CT molecular complexity index is 1490. The largest absolute Gasteiger partial charge is 0.375 e. The van der Waals surface area contributed by atoms with Crippen molar-refractivity contribution < 1.29 is 9.13 Å². The number of benzene rings is 1. The lowest BCUT2D eigenvalue weighted by atomic mass is 9.97. The fraction of sp³-hybridized carbons (Fsp3) is 0.304. The van der Waals surface area contributed by atoms with Crippen molar-refractivity contribution in [1.82, 2.24) is 29.0 Å². The van der Waals surface area contributed by atoms with Crippen LogP contribution in [0.4, 0.5) is 4.39 Å². The van der Waals surface area contributed by atoms with Gasteiger partial charge in [-0.25, -0.2) is 18.7 Å². The van der Waals surface area contributed by atoms with Gasteiger partial charge in [-0.15, -0.1) is 0 Å². The van der Waals surface area contributed by atoms with E-state index in [4.69, 9.17) is 16.3 Å². The minimum absolute atomic E-state index is 0.0630. The van der Waals surface area contributed by atoms with Crippen LogP contribution in [0.5, 0.6) is 0 Å². The smallest absolute Gasteiger partial charge is 0.331 e. The molecule has 1 atom stereocenters. The van der Waals surface area contributed by atoms with Gasteiger partial charge in [0.25, 0.3) is 5.56 Å². The minimum Gasteiger partial charge on any atom is -0.375 e. The quantitative estimate of drug-likeness (QED) is 0.462. The van der Waals surface area contributed by atoms with Crippen molar-refractivity contribution in [3.63, 3.8) is 0 Å². The summed E-state index contributed by atoms with van der Waals surface area (Å²) in [6.07, 6.45) is 4.70. The predicted octanol–water partition coefficient (Wildman–Crippen LogP) is 1.63.